The molecule has 0 spiro atoms. The number of amides is 1. The lowest BCUT2D eigenvalue weighted by Crippen LogP contribution is -2.40. The zero-order valence-electron chi connectivity index (χ0n) is 15.9. The van der Waals surface area contributed by atoms with Gasteiger partial charge in [0, 0.05) is 29.8 Å². The molecule has 31 heavy (non-hydrogen) atoms. The summed E-state index contributed by atoms with van der Waals surface area (Å²) in [5.74, 6) is -1.46. The van der Waals surface area contributed by atoms with Crippen molar-refractivity contribution in [2.75, 3.05) is 13.1 Å². The van der Waals surface area contributed by atoms with Gasteiger partial charge < -0.3 is 14.4 Å². The van der Waals surface area contributed by atoms with Crippen LogP contribution in [0.1, 0.15) is 40.7 Å². The predicted octanol–water partition coefficient (Wildman–Crippen LogP) is 4.02. The first-order valence-electron chi connectivity index (χ1n) is 9.13. The van der Waals surface area contributed by atoms with Gasteiger partial charge in [-0.3, -0.25) is 9.20 Å². The van der Waals surface area contributed by atoms with Gasteiger partial charge in [0.1, 0.15) is 5.15 Å². The number of aromatic nitrogens is 3. The highest BCUT2D eigenvalue weighted by Gasteiger charge is 2.37. The minimum Gasteiger partial charge on any atom is -0.492 e. The minimum atomic E-state index is -4.68. The molecule has 0 unspecified atom stereocenters. The Morgan fingerprint density at radius 1 is 1.35 bits per heavy atom. The molecule has 166 valence electrons. The van der Waals surface area contributed by atoms with Crippen molar-refractivity contribution in [3.8, 4) is 5.88 Å². The van der Waals surface area contributed by atoms with E-state index in [1.165, 1.54) is 18.0 Å². The summed E-state index contributed by atoms with van der Waals surface area (Å²) in [6, 6.07) is 0.494. The van der Waals surface area contributed by atoms with Crippen LogP contribution in [0.3, 0.4) is 0 Å². The quantitative estimate of drug-likeness (QED) is 0.548. The summed E-state index contributed by atoms with van der Waals surface area (Å²) in [6.07, 6.45) is -2.71. The minimum absolute atomic E-state index is 0.103. The lowest BCUT2D eigenvalue weighted by molar-refractivity contribution is -0.136. The number of fused-ring (bicyclic) bond motifs is 1. The molecular formula is C18H15BrClF3N4O4. The number of hydrogen-bond donors (Lipinski definition) is 1. The molecule has 1 aliphatic rings. The van der Waals surface area contributed by atoms with Gasteiger partial charge in [-0.2, -0.15) is 13.2 Å². The maximum absolute atomic E-state index is 13.4. The van der Waals surface area contributed by atoms with Crippen molar-refractivity contribution >= 4 is 39.1 Å². The van der Waals surface area contributed by atoms with Crippen LogP contribution in [0, 0.1) is 6.92 Å². The molecule has 3 aromatic rings. The summed E-state index contributed by atoms with van der Waals surface area (Å²) < 4.78 is 47.4. The van der Waals surface area contributed by atoms with E-state index in [0.717, 1.165) is 15.0 Å². The molecule has 13 heteroatoms. The topological polar surface area (TPSA) is 93.0 Å². The van der Waals surface area contributed by atoms with E-state index in [0.29, 0.717) is 12.8 Å². The number of hydrogen-bond acceptors (Lipinski definition) is 5. The lowest BCUT2D eigenvalue weighted by atomic mass is 10.0. The second-order valence-corrected chi connectivity index (χ2v) is 8.43. The van der Waals surface area contributed by atoms with E-state index in [2.05, 4.69) is 20.9 Å². The van der Waals surface area contributed by atoms with Crippen molar-refractivity contribution in [2.24, 2.45) is 0 Å². The smallest absolute Gasteiger partial charge is 0.422 e. The van der Waals surface area contributed by atoms with Crippen LogP contribution in [-0.4, -0.2) is 43.0 Å². The SMILES string of the molecule is Cc1oc(=O)n(C2CCN(C(=O)c3nc4c(C(F)(F)F)cc(Br)cn4c3Cl)CC2)c1O. The summed E-state index contributed by atoms with van der Waals surface area (Å²) in [6.45, 7) is 1.85. The lowest BCUT2D eigenvalue weighted by Gasteiger charge is -2.31. The first-order chi connectivity index (χ1) is 14.5. The van der Waals surface area contributed by atoms with Crippen molar-refractivity contribution in [3.05, 3.63) is 49.5 Å². The fourth-order valence-electron chi connectivity index (χ4n) is 3.71. The third-order valence-corrected chi connectivity index (χ3v) is 6.03. The molecule has 0 aromatic carbocycles. The van der Waals surface area contributed by atoms with E-state index in [-0.39, 0.29) is 46.1 Å². The fourth-order valence-corrected chi connectivity index (χ4v) is 4.39. The molecule has 0 atom stereocenters. The number of imidazole rings is 1. The van der Waals surface area contributed by atoms with Crippen LogP contribution in [0.4, 0.5) is 13.2 Å². The average molecular weight is 524 g/mol. The molecule has 1 saturated heterocycles. The highest BCUT2D eigenvalue weighted by atomic mass is 79.9. The first kappa shape index (κ1) is 21.8. The molecule has 8 nitrogen and oxygen atoms in total. The summed E-state index contributed by atoms with van der Waals surface area (Å²) in [4.78, 5) is 30.2. The second-order valence-electron chi connectivity index (χ2n) is 7.16. The summed E-state index contributed by atoms with van der Waals surface area (Å²) in [5, 5.41) is 9.79. The molecule has 0 bridgehead atoms. The van der Waals surface area contributed by atoms with Gasteiger partial charge in [0.25, 0.3) is 5.91 Å². The molecule has 0 radical (unpaired) electrons. The fraction of sp³-hybridized carbons (Fsp3) is 0.389. The Balaban J connectivity index is 1.61. The van der Waals surface area contributed by atoms with Crippen molar-refractivity contribution in [1.29, 1.82) is 0 Å². The molecule has 1 fully saturated rings. The van der Waals surface area contributed by atoms with Gasteiger partial charge in [-0.05, 0) is 41.8 Å². The maximum atomic E-state index is 13.4. The highest BCUT2D eigenvalue weighted by molar-refractivity contribution is 9.10. The molecule has 0 saturated carbocycles. The molecule has 4 heterocycles. The van der Waals surface area contributed by atoms with Crippen LogP contribution in [0.5, 0.6) is 5.88 Å². The average Bonchev–Trinajstić information content (AvgIpc) is 3.16. The van der Waals surface area contributed by atoms with Crippen LogP contribution < -0.4 is 5.76 Å². The first-order valence-corrected chi connectivity index (χ1v) is 10.3. The number of nitrogens with zero attached hydrogens (tertiary/aromatic N) is 4. The molecule has 4 rings (SSSR count). The Morgan fingerprint density at radius 2 is 2.00 bits per heavy atom. The predicted molar refractivity (Wildman–Crippen MR) is 106 cm³/mol. The summed E-state index contributed by atoms with van der Waals surface area (Å²) >= 11 is 9.22. The number of carbonyl (C=O) groups is 1. The Labute approximate surface area is 186 Å². The monoisotopic (exact) mass is 522 g/mol. The van der Waals surface area contributed by atoms with Gasteiger partial charge in [0.05, 0.1) is 5.56 Å². The van der Waals surface area contributed by atoms with Crippen LogP contribution in [0.15, 0.2) is 25.9 Å². The third kappa shape index (κ3) is 3.71. The van der Waals surface area contributed by atoms with Crippen LogP contribution >= 0.6 is 27.5 Å². The highest BCUT2D eigenvalue weighted by Crippen LogP contribution is 2.36. The largest absolute Gasteiger partial charge is 0.492 e. The number of piperidine rings is 1. The van der Waals surface area contributed by atoms with Gasteiger partial charge >= 0.3 is 11.9 Å². The molecule has 0 aliphatic carbocycles. The number of rotatable bonds is 2. The summed E-state index contributed by atoms with van der Waals surface area (Å²) in [5.41, 5.74) is -1.78. The van der Waals surface area contributed by atoms with Crippen LogP contribution in [-0.2, 0) is 6.18 Å². The summed E-state index contributed by atoms with van der Waals surface area (Å²) in [7, 11) is 0. The number of likely N-dealkylation sites (tertiary alicyclic amines) is 1. The van der Waals surface area contributed by atoms with E-state index >= 15 is 0 Å². The van der Waals surface area contributed by atoms with Gasteiger partial charge in [-0.25, -0.2) is 14.3 Å². The van der Waals surface area contributed by atoms with Gasteiger partial charge in [0.2, 0.25) is 5.88 Å². The van der Waals surface area contributed by atoms with E-state index in [4.69, 9.17) is 16.0 Å². The zero-order valence-corrected chi connectivity index (χ0v) is 18.3. The molecule has 1 N–H and O–H groups in total. The molecule has 1 amide bonds. The number of aryl methyl sites for hydroxylation is 1. The van der Waals surface area contributed by atoms with Crippen molar-refractivity contribution in [1.82, 2.24) is 18.9 Å². The number of carbonyl (C=O) groups excluding carboxylic acids is 1. The molecule has 3 aromatic heterocycles. The van der Waals surface area contributed by atoms with Crippen LogP contribution in [0.2, 0.25) is 5.15 Å². The van der Waals surface area contributed by atoms with Crippen molar-refractivity contribution in [2.45, 2.75) is 32.0 Å². The third-order valence-electron chi connectivity index (χ3n) is 5.23. The van der Waals surface area contributed by atoms with Crippen LogP contribution in [0.25, 0.3) is 5.65 Å². The number of oxazole rings is 1. The van der Waals surface area contributed by atoms with Gasteiger partial charge in [-0.15, -0.1) is 0 Å². The Morgan fingerprint density at radius 3 is 2.55 bits per heavy atom. The van der Waals surface area contributed by atoms with Gasteiger partial charge in [-0.1, -0.05) is 11.6 Å². The normalized spacial score (nSPS) is 15.7. The Hall–Kier alpha value is -2.47. The van der Waals surface area contributed by atoms with E-state index in [9.17, 15) is 27.9 Å². The Kier molecular flexibility index (Phi) is 5.32. The van der Waals surface area contributed by atoms with Crippen molar-refractivity contribution < 1.29 is 27.5 Å². The Bertz CT molecular complexity index is 1240. The van der Waals surface area contributed by atoms with E-state index < -0.39 is 29.1 Å². The number of alkyl halides is 3. The second kappa shape index (κ2) is 7.59. The molecular weight excluding hydrogens is 509 g/mol. The number of halogens is 5. The van der Waals surface area contributed by atoms with Crippen molar-refractivity contribution in [3.63, 3.8) is 0 Å². The molecule has 1 aliphatic heterocycles. The van der Waals surface area contributed by atoms with Gasteiger partial charge in [0.15, 0.2) is 17.1 Å². The number of aromatic hydroxyl groups is 1. The standard InChI is InChI=1S/C18H15BrClF3N4O4/c1-8-15(28)27(17(30)31-8)10-2-4-25(5-3-10)16(29)12-13(20)26-7-9(19)6-11(14(26)24-12)18(21,22)23/h6-7,10,28H,2-5H2,1H3. The maximum Gasteiger partial charge on any atom is 0.422 e. The zero-order chi connectivity index (χ0) is 22.7. The number of pyridine rings is 1. The van der Waals surface area contributed by atoms with E-state index in [1.807, 2.05) is 0 Å². The van der Waals surface area contributed by atoms with E-state index in [1.54, 1.807) is 0 Å².